The second-order valence-corrected chi connectivity index (χ2v) is 4.56. The van der Waals surface area contributed by atoms with E-state index >= 15 is 0 Å². The quantitative estimate of drug-likeness (QED) is 0.854. The zero-order valence-electron chi connectivity index (χ0n) is 10.2. The summed E-state index contributed by atoms with van der Waals surface area (Å²) in [7, 11) is 2.03. The summed E-state index contributed by atoms with van der Waals surface area (Å²) in [5, 5.41) is 10.0. The molecule has 1 aromatic carbocycles. The number of aliphatic hydroxyl groups excluding tert-OH is 1. The minimum Gasteiger partial charge on any atom is -0.392 e. The van der Waals surface area contributed by atoms with Gasteiger partial charge in [-0.05, 0) is 19.4 Å². The molecule has 0 saturated carbocycles. The first-order valence-corrected chi connectivity index (χ1v) is 6.10. The number of anilines is 1. The van der Waals surface area contributed by atoms with E-state index in [1.54, 1.807) is 0 Å². The maximum Gasteiger partial charge on any atom is 0.0702 e. The smallest absolute Gasteiger partial charge is 0.0702 e. The van der Waals surface area contributed by atoms with Gasteiger partial charge in [-0.2, -0.15) is 0 Å². The molecular formula is C13H20ClNO. The van der Waals surface area contributed by atoms with Gasteiger partial charge in [-0.25, -0.2) is 0 Å². The number of para-hydroxylation sites is 1. The average Bonchev–Trinajstić information content (AvgIpc) is 2.28. The van der Waals surface area contributed by atoms with Crippen LogP contribution in [0.1, 0.15) is 32.3 Å². The molecule has 1 unspecified atom stereocenters. The molecule has 0 aliphatic carbocycles. The van der Waals surface area contributed by atoms with Crippen molar-refractivity contribution in [1.29, 1.82) is 0 Å². The van der Waals surface area contributed by atoms with Crippen molar-refractivity contribution in [3.05, 3.63) is 28.8 Å². The fraction of sp³-hybridized carbons (Fsp3) is 0.538. The largest absolute Gasteiger partial charge is 0.392 e. The molecule has 16 heavy (non-hydrogen) atoms. The van der Waals surface area contributed by atoms with Crippen LogP contribution in [0.15, 0.2) is 18.2 Å². The van der Waals surface area contributed by atoms with Gasteiger partial charge in [0.1, 0.15) is 0 Å². The summed E-state index contributed by atoms with van der Waals surface area (Å²) in [6.45, 7) is 4.37. The van der Waals surface area contributed by atoms with Gasteiger partial charge < -0.3 is 10.0 Å². The highest BCUT2D eigenvalue weighted by molar-refractivity contribution is 6.33. The van der Waals surface area contributed by atoms with Crippen LogP contribution >= 0.6 is 11.6 Å². The Morgan fingerprint density at radius 3 is 2.69 bits per heavy atom. The van der Waals surface area contributed by atoms with Gasteiger partial charge in [0.25, 0.3) is 0 Å². The molecular weight excluding hydrogens is 222 g/mol. The van der Waals surface area contributed by atoms with Crippen molar-refractivity contribution in [3.8, 4) is 0 Å². The van der Waals surface area contributed by atoms with Gasteiger partial charge in [-0.15, -0.1) is 0 Å². The summed E-state index contributed by atoms with van der Waals surface area (Å²) in [4.78, 5) is 2.15. The van der Waals surface area contributed by atoms with Crippen molar-refractivity contribution in [3.63, 3.8) is 0 Å². The molecule has 0 amide bonds. The van der Waals surface area contributed by atoms with Crippen molar-refractivity contribution < 1.29 is 5.11 Å². The van der Waals surface area contributed by atoms with E-state index in [2.05, 4.69) is 18.7 Å². The van der Waals surface area contributed by atoms with Crippen LogP contribution in [0.3, 0.4) is 0 Å². The van der Waals surface area contributed by atoms with E-state index < -0.39 is 0 Å². The third-order valence-corrected chi connectivity index (χ3v) is 3.27. The first-order chi connectivity index (χ1) is 7.61. The first-order valence-electron chi connectivity index (χ1n) is 5.72. The number of rotatable bonds is 5. The minimum atomic E-state index is 0.0269. The van der Waals surface area contributed by atoms with E-state index in [0.29, 0.717) is 11.1 Å². The summed E-state index contributed by atoms with van der Waals surface area (Å²) in [6, 6.07) is 6.08. The molecule has 0 fully saturated rings. The Morgan fingerprint density at radius 2 is 2.12 bits per heavy atom. The second kappa shape index (κ2) is 6.12. The van der Waals surface area contributed by atoms with Crippen molar-refractivity contribution in [2.24, 2.45) is 0 Å². The van der Waals surface area contributed by atoms with E-state index in [0.717, 1.165) is 24.1 Å². The van der Waals surface area contributed by atoms with Crippen LogP contribution in [-0.2, 0) is 6.61 Å². The Labute approximate surface area is 103 Å². The SMILES string of the molecule is CCCC(C)N(C)c1c(Cl)cccc1CO. The van der Waals surface area contributed by atoms with Gasteiger partial charge in [0, 0.05) is 18.7 Å². The lowest BCUT2D eigenvalue weighted by molar-refractivity contribution is 0.282. The monoisotopic (exact) mass is 241 g/mol. The summed E-state index contributed by atoms with van der Waals surface area (Å²) in [5.41, 5.74) is 1.84. The van der Waals surface area contributed by atoms with Crippen molar-refractivity contribution in [2.45, 2.75) is 39.3 Å². The van der Waals surface area contributed by atoms with Gasteiger partial charge in [0.15, 0.2) is 0 Å². The van der Waals surface area contributed by atoms with Gasteiger partial charge in [-0.3, -0.25) is 0 Å². The Kier molecular flexibility index (Phi) is 5.10. The van der Waals surface area contributed by atoms with Gasteiger partial charge >= 0.3 is 0 Å². The predicted molar refractivity (Wildman–Crippen MR) is 70.1 cm³/mol. The van der Waals surface area contributed by atoms with Crippen molar-refractivity contribution in [1.82, 2.24) is 0 Å². The number of nitrogens with zero attached hydrogens (tertiary/aromatic N) is 1. The summed E-state index contributed by atoms with van der Waals surface area (Å²) in [5.74, 6) is 0. The van der Waals surface area contributed by atoms with Crippen LogP contribution in [0.2, 0.25) is 5.02 Å². The van der Waals surface area contributed by atoms with Gasteiger partial charge in [-0.1, -0.05) is 37.1 Å². The molecule has 0 spiro atoms. The highest BCUT2D eigenvalue weighted by Gasteiger charge is 2.15. The molecule has 0 bridgehead atoms. The second-order valence-electron chi connectivity index (χ2n) is 4.15. The van der Waals surface area contributed by atoms with Crippen LogP contribution in [0.4, 0.5) is 5.69 Å². The number of hydrogen-bond donors (Lipinski definition) is 1. The third kappa shape index (κ3) is 2.89. The number of aliphatic hydroxyl groups is 1. The molecule has 0 saturated heterocycles. The Morgan fingerprint density at radius 1 is 1.44 bits per heavy atom. The van der Waals surface area contributed by atoms with Crippen LogP contribution in [0.25, 0.3) is 0 Å². The van der Waals surface area contributed by atoms with E-state index in [9.17, 15) is 5.11 Å². The fourth-order valence-electron chi connectivity index (χ4n) is 1.91. The Balaban J connectivity index is 3.01. The fourth-order valence-corrected chi connectivity index (χ4v) is 2.24. The molecule has 0 aromatic heterocycles. The van der Waals surface area contributed by atoms with Crippen molar-refractivity contribution in [2.75, 3.05) is 11.9 Å². The first kappa shape index (κ1) is 13.3. The summed E-state index contributed by atoms with van der Waals surface area (Å²) < 4.78 is 0. The number of halogens is 1. The van der Waals surface area contributed by atoms with E-state index in [1.165, 1.54) is 0 Å². The topological polar surface area (TPSA) is 23.5 Å². The molecule has 1 rings (SSSR count). The van der Waals surface area contributed by atoms with E-state index in [-0.39, 0.29) is 6.61 Å². The lowest BCUT2D eigenvalue weighted by Gasteiger charge is -2.29. The lowest BCUT2D eigenvalue weighted by Crippen LogP contribution is -2.29. The Bertz CT molecular complexity index is 341. The average molecular weight is 242 g/mol. The standard InChI is InChI=1S/C13H20ClNO/c1-4-6-10(2)15(3)13-11(9-16)7-5-8-12(13)14/h5,7-8,10,16H,4,6,9H2,1-3H3. The molecule has 0 aliphatic heterocycles. The summed E-state index contributed by atoms with van der Waals surface area (Å²) in [6.07, 6.45) is 2.26. The van der Waals surface area contributed by atoms with E-state index in [1.807, 2.05) is 25.2 Å². The van der Waals surface area contributed by atoms with Gasteiger partial charge in [0.05, 0.1) is 17.3 Å². The zero-order chi connectivity index (χ0) is 12.1. The summed E-state index contributed by atoms with van der Waals surface area (Å²) >= 11 is 6.19. The number of benzene rings is 1. The molecule has 0 aliphatic rings. The highest BCUT2D eigenvalue weighted by Crippen LogP contribution is 2.31. The normalized spacial score (nSPS) is 12.6. The molecule has 1 atom stereocenters. The van der Waals surface area contributed by atoms with Crippen LogP contribution in [0, 0.1) is 0 Å². The van der Waals surface area contributed by atoms with Crippen LogP contribution < -0.4 is 4.90 Å². The predicted octanol–water partition coefficient (Wildman–Crippen LogP) is 3.46. The molecule has 1 N–H and O–H groups in total. The minimum absolute atomic E-state index is 0.0269. The molecule has 3 heteroatoms. The lowest BCUT2D eigenvalue weighted by atomic mass is 10.1. The highest BCUT2D eigenvalue weighted by atomic mass is 35.5. The number of hydrogen-bond acceptors (Lipinski definition) is 2. The van der Waals surface area contributed by atoms with Crippen LogP contribution in [0.5, 0.6) is 0 Å². The molecule has 2 nitrogen and oxygen atoms in total. The maximum atomic E-state index is 9.32. The molecule has 0 radical (unpaired) electrons. The molecule has 1 aromatic rings. The molecule has 0 heterocycles. The third-order valence-electron chi connectivity index (χ3n) is 2.96. The van der Waals surface area contributed by atoms with Crippen molar-refractivity contribution >= 4 is 17.3 Å². The molecule has 90 valence electrons. The maximum absolute atomic E-state index is 9.32. The van der Waals surface area contributed by atoms with Gasteiger partial charge in [0.2, 0.25) is 0 Å². The van der Waals surface area contributed by atoms with E-state index in [4.69, 9.17) is 11.6 Å². The van der Waals surface area contributed by atoms with Crippen LogP contribution in [-0.4, -0.2) is 18.2 Å². The zero-order valence-corrected chi connectivity index (χ0v) is 11.0. The Hall–Kier alpha value is -0.730.